The summed E-state index contributed by atoms with van der Waals surface area (Å²) in [6.07, 6.45) is 2.09. The molecule has 1 aromatic rings. The smallest absolute Gasteiger partial charge is 0.327 e. The normalized spacial score (nSPS) is 14.2. The lowest BCUT2D eigenvalue weighted by atomic mass is 10.2. The van der Waals surface area contributed by atoms with Crippen molar-refractivity contribution < 1.29 is 14.3 Å². The summed E-state index contributed by atoms with van der Waals surface area (Å²) in [4.78, 5) is 23.3. The number of carbonyl (C=O) groups excluding carboxylic acids is 1. The molecule has 0 unspecified atom stereocenters. The van der Waals surface area contributed by atoms with Gasteiger partial charge in [0, 0.05) is 12.0 Å². The quantitative estimate of drug-likeness (QED) is 0.721. The van der Waals surface area contributed by atoms with Gasteiger partial charge < -0.3 is 9.47 Å². The first-order chi connectivity index (χ1) is 9.15. The van der Waals surface area contributed by atoms with Gasteiger partial charge in [-0.15, -0.1) is 0 Å². The van der Waals surface area contributed by atoms with Gasteiger partial charge in [0.15, 0.2) is 0 Å². The van der Waals surface area contributed by atoms with Crippen LogP contribution >= 0.6 is 0 Å². The van der Waals surface area contributed by atoms with Crippen LogP contribution in [0.15, 0.2) is 10.9 Å². The van der Waals surface area contributed by atoms with Crippen LogP contribution in [0.2, 0.25) is 0 Å². The second-order valence-corrected chi connectivity index (χ2v) is 4.40. The summed E-state index contributed by atoms with van der Waals surface area (Å²) >= 11 is 0. The maximum absolute atomic E-state index is 11.9. The van der Waals surface area contributed by atoms with Crippen molar-refractivity contribution in [1.82, 2.24) is 9.78 Å². The molecule has 0 atom stereocenters. The van der Waals surface area contributed by atoms with Crippen LogP contribution in [0.4, 0.5) is 0 Å². The van der Waals surface area contributed by atoms with E-state index in [-0.39, 0.29) is 12.1 Å². The molecule has 0 saturated heterocycles. The zero-order chi connectivity index (χ0) is 13.8. The van der Waals surface area contributed by atoms with Gasteiger partial charge in [-0.1, -0.05) is 0 Å². The van der Waals surface area contributed by atoms with E-state index in [2.05, 4.69) is 5.10 Å². The van der Waals surface area contributed by atoms with E-state index in [1.165, 1.54) is 6.07 Å². The minimum absolute atomic E-state index is 0.154. The third-order valence-corrected chi connectivity index (χ3v) is 2.84. The predicted octanol–water partition coefficient (Wildman–Crippen LogP) is 1.08. The molecule has 19 heavy (non-hydrogen) atoms. The van der Waals surface area contributed by atoms with Gasteiger partial charge in [0.2, 0.25) is 0 Å². The number of aromatic nitrogens is 2. The molecule has 0 N–H and O–H groups in total. The standard InChI is InChI=1S/C13H18N2O4/c1-3-18-10-7-11(16)15(8-12(17)19-4-2)14-13(10)9-5-6-9/h7,9H,3-6,8H2,1-2H3. The van der Waals surface area contributed by atoms with Gasteiger partial charge in [0.25, 0.3) is 5.56 Å². The predicted molar refractivity (Wildman–Crippen MR) is 68.3 cm³/mol. The number of carbonyl (C=O) groups is 1. The van der Waals surface area contributed by atoms with E-state index in [0.717, 1.165) is 23.2 Å². The van der Waals surface area contributed by atoms with Crippen LogP contribution in [0.25, 0.3) is 0 Å². The fourth-order valence-corrected chi connectivity index (χ4v) is 1.84. The minimum Gasteiger partial charge on any atom is -0.492 e. The summed E-state index contributed by atoms with van der Waals surface area (Å²) < 4.78 is 11.4. The molecule has 0 spiro atoms. The summed E-state index contributed by atoms with van der Waals surface area (Å²) in [5.74, 6) is 0.425. The van der Waals surface area contributed by atoms with Gasteiger partial charge in [0.1, 0.15) is 18.0 Å². The van der Waals surface area contributed by atoms with Gasteiger partial charge in [0.05, 0.1) is 13.2 Å². The van der Waals surface area contributed by atoms with Crippen molar-refractivity contribution in [3.63, 3.8) is 0 Å². The average Bonchev–Trinajstić information content (AvgIpc) is 3.17. The Labute approximate surface area is 111 Å². The molecular formula is C13H18N2O4. The van der Waals surface area contributed by atoms with E-state index in [4.69, 9.17) is 9.47 Å². The summed E-state index contributed by atoms with van der Waals surface area (Å²) in [7, 11) is 0. The molecule has 1 fully saturated rings. The molecule has 2 rings (SSSR count). The van der Waals surface area contributed by atoms with Gasteiger partial charge >= 0.3 is 5.97 Å². The number of ether oxygens (including phenoxy) is 2. The highest BCUT2D eigenvalue weighted by Gasteiger charge is 2.30. The fourth-order valence-electron chi connectivity index (χ4n) is 1.84. The average molecular weight is 266 g/mol. The Morgan fingerprint density at radius 3 is 2.74 bits per heavy atom. The minimum atomic E-state index is -0.456. The SMILES string of the molecule is CCOC(=O)Cn1nc(C2CC2)c(OCC)cc1=O. The van der Waals surface area contributed by atoms with Crippen molar-refractivity contribution in [3.05, 3.63) is 22.1 Å². The molecule has 1 heterocycles. The van der Waals surface area contributed by atoms with Crippen LogP contribution < -0.4 is 10.3 Å². The van der Waals surface area contributed by atoms with E-state index in [0.29, 0.717) is 24.9 Å². The molecule has 0 amide bonds. The molecule has 0 aromatic carbocycles. The molecule has 0 radical (unpaired) electrons. The van der Waals surface area contributed by atoms with Gasteiger partial charge in [-0.25, -0.2) is 4.68 Å². The Hall–Kier alpha value is -1.85. The molecule has 1 saturated carbocycles. The van der Waals surface area contributed by atoms with Gasteiger partial charge in [-0.3, -0.25) is 9.59 Å². The molecular weight excluding hydrogens is 248 g/mol. The van der Waals surface area contributed by atoms with Crippen LogP contribution in [0.3, 0.4) is 0 Å². The second kappa shape index (κ2) is 5.86. The third-order valence-electron chi connectivity index (χ3n) is 2.84. The van der Waals surface area contributed by atoms with Gasteiger partial charge in [-0.2, -0.15) is 5.10 Å². The van der Waals surface area contributed by atoms with E-state index in [1.54, 1.807) is 6.92 Å². The molecule has 0 aliphatic heterocycles. The number of esters is 1. The Kier molecular flexibility index (Phi) is 4.19. The highest BCUT2D eigenvalue weighted by Crippen LogP contribution is 2.42. The highest BCUT2D eigenvalue weighted by atomic mass is 16.5. The van der Waals surface area contributed by atoms with E-state index in [9.17, 15) is 9.59 Å². The first-order valence-corrected chi connectivity index (χ1v) is 6.56. The number of nitrogens with zero attached hydrogens (tertiary/aromatic N) is 2. The van der Waals surface area contributed by atoms with Crippen LogP contribution in [-0.2, 0) is 16.1 Å². The number of rotatable bonds is 6. The summed E-state index contributed by atoms with van der Waals surface area (Å²) in [6, 6.07) is 1.41. The zero-order valence-corrected chi connectivity index (χ0v) is 11.2. The maximum atomic E-state index is 11.9. The summed E-state index contributed by atoms with van der Waals surface area (Å²) in [5.41, 5.74) is 0.423. The van der Waals surface area contributed by atoms with E-state index < -0.39 is 5.97 Å². The highest BCUT2D eigenvalue weighted by molar-refractivity contribution is 5.68. The molecule has 104 valence electrons. The van der Waals surface area contributed by atoms with Crippen molar-refractivity contribution in [2.75, 3.05) is 13.2 Å². The lowest BCUT2D eigenvalue weighted by Gasteiger charge is -2.11. The summed E-state index contributed by atoms with van der Waals surface area (Å²) in [5, 5.41) is 4.25. The summed E-state index contributed by atoms with van der Waals surface area (Å²) in [6.45, 7) is 4.21. The fraction of sp³-hybridized carbons (Fsp3) is 0.615. The monoisotopic (exact) mass is 266 g/mol. The van der Waals surface area contributed by atoms with Crippen molar-refractivity contribution in [3.8, 4) is 5.75 Å². The molecule has 1 aliphatic rings. The molecule has 6 heteroatoms. The molecule has 6 nitrogen and oxygen atoms in total. The Bertz CT molecular complexity index is 520. The van der Waals surface area contributed by atoms with Crippen LogP contribution in [-0.4, -0.2) is 29.0 Å². The maximum Gasteiger partial charge on any atom is 0.327 e. The second-order valence-electron chi connectivity index (χ2n) is 4.40. The van der Waals surface area contributed by atoms with Crippen molar-refractivity contribution in [2.24, 2.45) is 0 Å². The van der Waals surface area contributed by atoms with Gasteiger partial charge in [-0.05, 0) is 26.7 Å². The third kappa shape index (κ3) is 3.33. The van der Waals surface area contributed by atoms with E-state index in [1.807, 2.05) is 6.92 Å². The van der Waals surface area contributed by atoms with Crippen LogP contribution in [0.1, 0.15) is 38.3 Å². The van der Waals surface area contributed by atoms with Crippen LogP contribution in [0.5, 0.6) is 5.75 Å². The lowest BCUT2D eigenvalue weighted by molar-refractivity contribution is -0.144. The molecule has 1 aromatic heterocycles. The number of hydrogen-bond acceptors (Lipinski definition) is 5. The van der Waals surface area contributed by atoms with E-state index >= 15 is 0 Å². The topological polar surface area (TPSA) is 70.4 Å². The van der Waals surface area contributed by atoms with Crippen molar-refractivity contribution in [1.29, 1.82) is 0 Å². The zero-order valence-electron chi connectivity index (χ0n) is 11.2. The Balaban J connectivity index is 2.26. The van der Waals surface area contributed by atoms with Crippen molar-refractivity contribution in [2.45, 2.75) is 39.2 Å². The first kappa shape index (κ1) is 13.6. The molecule has 0 bridgehead atoms. The number of hydrogen-bond donors (Lipinski definition) is 0. The molecule has 1 aliphatic carbocycles. The Morgan fingerprint density at radius 2 is 2.16 bits per heavy atom. The lowest BCUT2D eigenvalue weighted by Crippen LogP contribution is -2.28. The van der Waals surface area contributed by atoms with Crippen LogP contribution in [0, 0.1) is 0 Å². The first-order valence-electron chi connectivity index (χ1n) is 6.56. The van der Waals surface area contributed by atoms with Crippen molar-refractivity contribution >= 4 is 5.97 Å². The Morgan fingerprint density at radius 1 is 1.42 bits per heavy atom. The largest absolute Gasteiger partial charge is 0.492 e.